The standard InChI is InChI=1S/C79H138O5/c1-3-5-7-9-11-13-15-17-19-21-23-25-27-29-31-33-35-37-38-39-40-42-44-46-48-50-52-54-56-58-60-62-64-66-68-70-72-74-79(82)84-77(75-80)76-83-78(81)73-71-69-67-65-63-61-59-57-55-53-51-49-47-45-43-41-36-34-32-30-28-26-24-22-20-18-16-14-12-10-8-6-4-2/h5-8,11-14,17-20,23-26,29,31,77,80H,3-4,9-10,15-16,21-22,27-28,30,32-76H2,1-2H3/b7-5-,8-6-,13-11-,14-12-,19-17-,20-18-,25-23-,26-24-,31-29-. The van der Waals surface area contributed by atoms with Crippen LogP contribution in [-0.2, 0) is 19.1 Å². The number of ether oxygens (including phenoxy) is 2. The van der Waals surface area contributed by atoms with Crippen LogP contribution in [-0.4, -0.2) is 36.4 Å². The van der Waals surface area contributed by atoms with E-state index in [0.29, 0.717) is 12.8 Å². The van der Waals surface area contributed by atoms with Crippen LogP contribution in [0.15, 0.2) is 109 Å². The average Bonchev–Trinajstić information content (AvgIpc) is 3.51. The van der Waals surface area contributed by atoms with Crippen molar-refractivity contribution in [3.63, 3.8) is 0 Å². The summed E-state index contributed by atoms with van der Waals surface area (Å²) in [5.74, 6) is -0.573. The molecule has 0 aliphatic carbocycles. The van der Waals surface area contributed by atoms with Gasteiger partial charge in [-0.2, -0.15) is 0 Å². The van der Waals surface area contributed by atoms with Crippen LogP contribution >= 0.6 is 0 Å². The van der Waals surface area contributed by atoms with Gasteiger partial charge in [-0.1, -0.05) is 361 Å². The van der Waals surface area contributed by atoms with Gasteiger partial charge in [-0.05, 0) is 96.3 Å². The number of carbonyl (C=O) groups is 2. The zero-order chi connectivity index (χ0) is 60.5. The van der Waals surface area contributed by atoms with E-state index in [1.54, 1.807) is 0 Å². The molecule has 0 rings (SSSR count). The van der Waals surface area contributed by atoms with E-state index < -0.39 is 6.10 Å². The van der Waals surface area contributed by atoms with Crippen molar-refractivity contribution in [2.24, 2.45) is 0 Å². The summed E-state index contributed by atoms with van der Waals surface area (Å²) in [4.78, 5) is 24.7. The molecule has 0 aliphatic heterocycles. The van der Waals surface area contributed by atoms with Gasteiger partial charge in [0.25, 0.3) is 0 Å². The molecule has 1 atom stereocenters. The van der Waals surface area contributed by atoms with Crippen molar-refractivity contribution in [2.75, 3.05) is 13.2 Å². The number of hydrogen-bond donors (Lipinski definition) is 1. The van der Waals surface area contributed by atoms with Gasteiger partial charge in [-0.25, -0.2) is 0 Å². The maximum absolute atomic E-state index is 12.4. The number of unbranched alkanes of at least 4 members (excludes halogenated alkanes) is 41. The van der Waals surface area contributed by atoms with Crippen molar-refractivity contribution in [2.45, 2.75) is 367 Å². The molecular formula is C79H138O5. The molecule has 0 spiro atoms. The number of aliphatic hydroxyl groups is 1. The second kappa shape index (κ2) is 73.8. The Kier molecular flexibility index (Phi) is 70.8. The van der Waals surface area contributed by atoms with Crippen molar-refractivity contribution in [1.29, 1.82) is 0 Å². The third-order valence-electron chi connectivity index (χ3n) is 16.1. The first-order chi connectivity index (χ1) is 41.6. The summed E-state index contributed by atoms with van der Waals surface area (Å²) >= 11 is 0. The van der Waals surface area contributed by atoms with Gasteiger partial charge >= 0.3 is 11.9 Å². The van der Waals surface area contributed by atoms with Gasteiger partial charge in [0, 0.05) is 12.8 Å². The summed E-state index contributed by atoms with van der Waals surface area (Å²) in [5.41, 5.74) is 0. The Hall–Kier alpha value is -3.44. The lowest BCUT2D eigenvalue weighted by Crippen LogP contribution is -2.28. The third kappa shape index (κ3) is 71.0. The zero-order valence-electron chi connectivity index (χ0n) is 55.6. The first kappa shape index (κ1) is 80.6. The van der Waals surface area contributed by atoms with Crippen LogP contribution in [0.4, 0.5) is 0 Å². The van der Waals surface area contributed by atoms with Gasteiger partial charge in [0.15, 0.2) is 6.10 Å². The second-order valence-electron chi connectivity index (χ2n) is 24.3. The van der Waals surface area contributed by atoms with E-state index in [4.69, 9.17) is 9.47 Å². The fraction of sp³-hybridized carbons (Fsp3) is 0.747. The largest absolute Gasteiger partial charge is 0.462 e. The molecule has 0 saturated heterocycles. The predicted octanol–water partition coefficient (Wildman–Crippen LogP) is 25.5. The van der Waals surface area contributed by atoms with E-state index in [1.165, 1.54) is 238 Å². The second-order valence-corrected chi connectivity index (χ2v) is 24.3. The van der Waals surface area contributed by atoms with Crippen molar-refractivity contribution >= 4 is 11.9 Å². The van der Waals surface area contributed by atoms with Gasteiger partial charge in [0.2, 0.25) is 0 Å². The lowest BCUT2D eigenvalue weighted by atomic mass is 10.0. The van der Waals surface area contributed by atoms with Crippen LogP contribution in [0.2, 0.25) is 0 Å². The Morgan fingerprint density at radius 1 is 0.274 bits per heavy atom. The smallest absolute Gasteiger partial charge is 0.306 e. The van der Waals surface area contributed by atoms with E-state index in [2.05, 4.69) is 123 Å². The minimum atomic E-state index is -0.775. The fourth-order valence-electron chi connectivity index (χ4n) is 10.7. The fourth-order valence-corrected chi connectivity index (χ4v) is 10.7. The minimum absolute atomic E-state index is 0.0638. The van der Waals surface area contributed by atoms with Crippen LogP contribution in [0.5, 0.6) is 0 Å². The van der Waals surface area contributed by atoms with Crippen molar-refractivity contribution in [1.82, 2.24) is 0 Å². The van der Waals surface area contributed by atoms with E-state index >= 15 is 0 Å². The highest BCUT2D eigenvalue weighted by Gasteiger charge is 2.16. The zero-order valence-corrected chi connectivity index (χ0v) is 55.6. The van der Waals surface area contributed by atoms with E-state index in [9.17, 15) is 14.7 Å². The van der Waals surface area contributed by atoms with Crippen molar-refractivity contribution in [3.05, 3.63) is 109 Å². The monoisotopic (exact) mass is 1170 g/mol. The summed E-state index contributed by atoms with van der Waals surface area (Å²) in [6, 6.07) is 0. The lowest BCUT2D eigenvalue weighted by Gasteiger charge is -2.15. The SMILES string of the molecule is CC/C=C\C/C=C\C/C=C\C/C=C\C/C=C\CCCCCCCCCCCCCCCCCCCCCCCC(=O)OC(CO)COC(=O)CCCCCCCCCCCCCCCCCCCCCC/C=C\C/C=C\C/C=C\C/C=C\CC. The van der Waals surface area contributed by atoms with Crippen LogP contribution < -0.4 is 0 Å². The minimum Gasteiger partial charge on any atom is -0.462 e. The molecule has 1 N–H and O–H groups in total. The predicted molar refractivity (Wildman–Crippen MR) is 371 cm³/mol. The van der Waals surface area contributed by atoms with Gasteiger partial charge in [0.05, 0.1) is 6.61 Å². The highest BCUT2D eigenvalue weighted by Crippen LogP contribution is 2.18. The molecule has 0 aliphatic rings. The first-order valence-corrected chi connectivity index (χ1v) is 36.4. The third-order valence-corrected chi connectivity index (χ3v) is 16.1. The molecule has 5 heteroatoms. The molecule has 0 radical (unpaired) electrons. The Labute approximate surface area is 522 Å². The summed E-state index contributed by atoms with van der Waals surface area (Å²) in [7, 11) is 0. The first-order valence-electron chi connectivity index (χ1n) is 36.4. The van der Waals surface area contributed by atoms with Crippen LogP contribution in [0.25, 0.3) is 0 Å². The molecule has 0 amide bonds. The van der Waals surface area contributed by atoms with Gasteiger partial charge in [-0.15, -0.1) is 0 Å². The molecule has 0 fully saturated rings. The summed E-state index contributed by atoms with van der Waals surface area (Å²) in [5, 5.41) is 9.72. The number of esters is 2. The average molecular weight is 1170 g/mol. The Bertz CT molecular complexity index is 1610. The summed E-state index contributed by atoms with van der Waals surface area (Å²) in [6.45, 7) is 3.96. The van der Waals surface area contributed by atoms with Crippen LogP contribution in [0.1, 0.15) is 361 Å². The number of aliphatic hydroxyl groups excluding tert-OH is 1. The molecule has 484 valence electrons. The molecule has 0 aromatic heterocycles. The Morgan fingerprint density at radius 2 is 0.476 bits per heavy atom. The molecule has 0 saturated carbocycles. The molecule has 0 bridgehead atoms. The van der Waals surface area contributed by atoms with E-state index in [1.807, 2.05) is 0 Å². The molecule has 84 heavy (non-hydrogen) atoms. The van der Waals surface area contributed by atoms with Crippen LogP contribution in [0, 0.1) is 0 Å². The summed E-state index contributed by atoms with van der Waals surface area (Å²) < 4.78 is 10.8. The van der Waals surface area contributed by atoms with E-state index in [0.717, 1.165) is 96.3 Å². The number of allylic oxidation sites excluding steroid dienone is 18. The maximum Gasteiger partial charge on any atom is 0.306 e. The number of rotatable bonds is 67. The molecular weight excluding hydrogens is 1030 g/mol. The van der Waals surface area contributed by atoms with Crippen molar-refractivity contribution < 1.29 is 24.2 Å². The molecule has 1 unspecified atom stereocenters. The highest BCUT2D eigenvalue weighted by atomic mass is 16.6. The lowest BCUT2D eigenvalue weighted by molar-refractivity contribution is -0.161. The molecule has 5 nitrogen and oxygen atoms in total. The Balaban J connectivity index is 3.41. The normalized spacial score (nSPS) is 12.8. The van der Waals surface area contributed by atoms with Crippen LogP contribution in [0.3, 0.4) is 0 Å². The number of carbonyl (C=O) groups excluding carboxylic acids is 2. The number of hydrogen-bond acceptors (Lipinski definition) is 5. The van der Waals surface area contributed by atoms with Gasteiger partial charge < -0.3 is 14.6 Å². The highest BCUT2D eigenvalue weighted by molar-refractivity contribution is 5.70. The van der Waals surface area contributed by atoms with Gasteiger partial charge in [-0.3, -0.25) is 9.59 Å². The molecule has 0 heterocycles. The Morgan fingerprint density at radius 3 is 0.714 bits per heavy atom. The van der Waals surface area contributed by atoms with Crippen molar-refractivity contribution in [3.8, 4) is 0 Å². The maximum atomic E-state index is 12.4. The molecule has 0 aromatic carbocycles. The quantitative estimate of drug-likeness (QED) is 0.0373. The topological polar surface area (TPSA) is 72.8 Å². The molecule has 0 aromatic rings. The van der Waals surface area contributed by atoms with Gasteiger partial charge in [0.1, 0.15) is 6.61 Å². The summed E-state index contributed by atoms with van der Waals surface area (Å²) in [6.07, 6.45) is 107. The van der Waals surface area contributed by atoms with E-state index in [-0.39, 0.29) is 25.2 Å².